The first-order valence-corrected chi connectivity index (χ1v) is 9.63. The van der Waals surface area contributed by atoms with E-state index in [-0.39, 0.29) is 18.0 Å². The van der Waals surface area contributed by atoms with Gasteiger partial charge in [-0.1, -0.05) is 32.1 Å². The van der Waals surface area contributed by atoms with Crippen molar-refractivity contribution in [2.75, 3.05) is 13.2 Å². The Morgan fingerprint density at radius 3 is 2.83 bits per heavy atom. The molecule has 0 atom stereocenters. The molecule has 1 aromatic heterocycles. The molecule has 0 aliphatic rings. The third-order valence-corrected chi connectivity index (χ3v) is 4.65. The van der Waals surface area contributed by atoms with Gasteiger partial charge in [0.2, 0.25) is 0 Å². The second kappa shape index (κ2) is 9.37. The Bertz CT molecular complexity index is 1030. The van der Waals surface area contributed by atoms with Gasteiger partial charge in [-0.05, 0) is 42.8 Å². The van der Waals surface area contributed by atoms with Crippen molar-refractivity contribution in [2.24, 2.45) is 0 Å². The van der Waals surface area contributed by atoms with Crippen LogP contribution >= 0.6 is 0 Å². The minimum Gasteiger partial charge on any atom is -0.489 e. The van der Waals surface area contributed by atoms with E-state index in [4.69, 9.17) is 4.74 Å². The highest BCUT2D eigenvalue weighted by Crippen LogP contribution is 2.30. The van der Waals surface area contributed by atoms with Gasteiger partial charge < -0.3 is 14.6 Å². The molecule has 0 aliphatic carbocycles. The Balaban J connectivity index is 2.08. The standard InChI is InChI=1S/C23H24F2N2O2/c1-3-5-11-26-23(28)21-14-18-20(7-6-8-22(18)29-12-4-2)27(21)15-16-13-17(24)9-10-19(16)25/h4,6-10,13-14H,2-3,5,11-12,15H2,1H3,(H,26,28). The zero-order valence-electron chi connectivity index (χ0n) is 16.4. The zero-order valence-corrected chi connectivity index (χ0v) is 16.4. The third kappa shape index (κ3) is 4.65. The number of hydrogen-bond acceptors (Lipinski definition) is 2. The summed E-state index contributed by atoms with van der Waals surface area (Å²) < 4.78 is 35.3. The summed E-state index contributed by atoms with van der Waals surface area (Å²) in [5, 5.41) is 3.62. The fourth-order valence-corrected chi connectivity index (χ4v) is 3.19. The predicted octanol–water partition coefficient (Wildman–Crippen LogP) is 5.06. The third-order valence-electron chi connectivity index (χ3n) is 4.65. The SMILES string of the molecule is C=CCOc1cccc2c1cc(C(=O)NCCCC)n2Cc1cc(F)ccc1F. The van der Waals surface area contributed by atoms with Crippen LogP contribution in [0.5, 0.6) is 5.75 Å². The lowest BCUT2D eigenvalue weighted by Crippen LogP contribution is -2.27. The number of rotatable bonds is 9. The highest BCUT2D eigenvalue weighted by Gasteiger charge is 2.19. The largest absolute Gasteiger partial charge is 0.489 e. The first kappa shape index (κ1) is 20.6. The molecule has 152 valence electrons. The average molecular weight is 398 g/mol. The maximum Gasteiger partial charge on any atom is 0.267 e. The van der Waals surface area contributed by atoms with Gasteiger partial charge >= 0.3 is 0 Å². The second-order valence-corrected chi connectivity index (χ2v) is 6.75. The van der Waals surface area contributed by atoms with E-state index in [1.165, 1.54) is 0 Å². The molecule has 3 aromatic rings. The molecule has 1 heterocycles. The van der Waals surface area contributed by atoms with Crippen molar-refractivity contribution in [3.63, 3.8) is 0 Å². The molecule has 0 radical (unpaired) electrons. The predicted molar refractivity (Wildman–Crippen MR) is 110 cm³/mol. The van der Waals surface area contributed by atoms with Gasteiger partial charge in [-0.2, -0.15) is 0 Å². The van der Waals surface area contributed by atoms with Crippen LogP contribution in [-0.4, -0.2) is 23.6 Å². The Labute approximate surface area is 168 Å². The maximum absolute atomic E-state index is 14.3. The van der Waals surface area contributed by atoms with Crippen LogP contribution in [0.3, 0.4) is 0 Å². The number of carbonyl (C=O) groups excluding carboxylic acids is 1. The van der Waals surface area contributed by atoms with Crippen molar-refractivity contribution < 1.29 is 18.3 Å². The van der Waals surface area contributed by atoms with Gasteiger partial charge in [0, 0.05) is 17.5 Å². The fraction of sp³-hybridized carbons (Fsp3) is 0.261. The molecule has 3 rings (SSSR count). The molecule has 0 spiro atoms. The number of hydrogen-bond donors (Lipinski definition) is 1. The number of ether oxygens (including phenoxy) is 1. The van der Waals surface area contributed by atoms with Crippen molar-refractivity contribution in [3.8, 4) is 5.75 Å². The molecule has 4 nitrogen and oxygen atoms in total. The average Bonchev–Trinajstić information content (AvgIpc) is 3.08. The van der Waals surface area contributed by atoms with E-state index >= 15 is 0 Å². The number of unbranched alkanes of at least 4 members (excludes halogenated alkanes) is 1. The molecule has 0 fully saturated rings. The van der Waals surface area contributed by atoms with Crippen LogP contribution in [0.4, 0.5) is 8.78 Å². The van der Waals surface area contributed by atoms with Gasteiger partial charge in [0.15, 0.2) is 0 Å². The van der Waals surface area contributed by atoms with Crippen molar-refractivity contribution in [2.45, 2.75) is 26.3 Å². The first-order valence-electron chi connectivity index (χ1n) is 9.63. The molecule has 1 N–H and O–H groups in total. The normalized spacial score (nSPS) is 10.9. The van der Waals surface area contributed by atoms with Crippen LogP contribution in [0, 0.1) is 11.6 Å². The molecule has 1 amide bonds. The molecule has 0 bridgehead atoms. The van der Waals surface area contributed by atoms with Crippen molar-refractivity contribution in [1.82, 2.24) is 9.88 Å². The molecule has 0 saturated heterocycles. The van der Waals surface area contributed by atoms with Gasteiger partial charge in [-0.25, -0.2) is 8.78 Å². The summed E-state index contributed by atoms with van der Waals surface area (Å²) in [6, 6.07) is 10.5. The fourth-order valence-electron chi connectivity index (χ4n) is 3.19. The van der Waals surface area contributed by atoms with E-state index in [2.05, 4.69) is 11.9 Å². The minimum absolute atomic E-state index is 0.0224. The molecule has 0 saturated carbocycles. The molecular weight excluding hydrogens is 374 g/mol. The van der Waals surface area contributed by atoms with Gasteiger partial charge in [-0.15, -0.1) is 0 Å². The zero-order chi connectivity index (χ0) is 20.8. The number of fused-ring (bicyclic) bond motifs is 1. The number of nitrogens with one attached hydrogen (secondary N) is 1. The summed E-state index contributed by atoms with van der Waals surface area (Å²) in [6.45, 7) is 6.58. The number of carbonyl (C=O) groups is 1. The monoisotopic (exact) mass is 398 g/mol. The number of halogens is 2. The van der Waals surface area contributed by atoms with Gasteiger partial charge in [0.05, 0.1) is 12.1 Å². The summed E-state index contributed by atoms with van der Waals surface area (Å²) in [6.07, 6.45) is 3.45. The molecule has 0 aliphatic heterocycles. The van der Waals surface area contributed by atoms with Crippen LogP contribution in [0.2, 0.25) is 0 Å². The van der Waals surface area contributed by atoms with Crippen molar-refractivity contribution in [3.05, 3.63) is 78.0 Å². The highest BCUT2D eigenvalue weighted by molar-refractivity contribution is 6.00. The van der Waals surface area contributed by atoms with Crippen LogP contribution in [0.1, 0.15) is 35.8 Å². The lowest BCUT2D eigenvalue weighted by Gasteiger charge is -2.12. The number of nitrogens with zero attached hydrogens (tertiary/aromatic N) is 1. The van der Waals surface area contributed by atoms with E-state index < -0.39 is 11.6 Å². The molecule has 0 unspecified atom stereocenters. The molecule has 2 aromatic carbocycles. The topological polar surface area (TPSA) is 43.3 Å². The lowest BCUT2D eigenvalue weighted by atomic mass is 10.2. The number of aromatic nitrogens is 1. The summed E-state index contributed by atoms with van der Waals surface area (Å²) >= 11 is 0. The van der Waals surface area contributed by atoms with E-state index in [0.717, 1.165) is 36.4 Å². The Kier molecular flexibility index (Phi) is 6.65. The Hall–Kier alpha value is -3.15. The summed E-state index contributed by atoms with van der Waals surface area (Å²) in [4.78, 5) is 12.8. The smallest absolute Gasteiger partial charge is 0.267 e. The van der Waals surface area contributed by atoms with E-state index in [1.807, 2.05) is 13.0 Å². The van der Waals surface area contributed by atoms with Crippen LogP contribution in [0.15, 0.2) is 55.1 Å². The lowest BCUT2D eigenvalue weighted by molar-refractivity contribution is 0.0944. The quantitative estimate of drug-likeness (QED) is 0.404. The summed E-state index contributed by atoms with van der Waals surface area (Å²) in [7, 11) is 0. The van der Waals surface area contributed by atoms with E-state index in [1.54, 1.807) is 28.8 Å². The number of benzene rings is 2. The van der Waals surface area contributed by atoms with Crippen LogP contribution in [-0.2, 0) is 6.54 Å². The van der Waals surface area contributed by atoms with Gasteiger partial charge in [0.1, 0.15) is 29.7 Å². The molecule has 6 heteroatoms. The maximum atomic E-state index is 14.3. The van der Waals surface area contributed by atoms with Crippen LogP contribution in [0.25, 0.3) is 10.9 Å². The summed E-state index contributed by atoms with van der Waals surface area (Å²) in [5.74, 6) is -0.712. The van der Waals surface area contributed by atoms with Crippen molar-refractivity contribution >= 4 is 16.8 Å². The van der Waals surface area contributed by atoms with E-state index in [9.17, 15) is 13.6 Å². The molecule has 29 heavy (non-hydrogen) atoms. The molecular formula is C23H24F2N2O2. The highest BCUT2D eigenvalue weighted by atomic mass is 19.1. The summed E-state index contributed by atoms with van der Waals surface area (Å²) in [5.41, 5.74) is 1.24. The minimum atomic E-state index is -0.526. The Morgan fingerprint density at radius 2 is 2.07 bits per heavy atom. The van der Waals surface area contributed by atoms with Gasteiger partial charge in [-0.3, -0.25) is 4.79 Å². The second-order valence-electron chi connectivity index (χ2n) is 6.75. The van der Waals surface area contributed by atoms with Gasteiger partial charge in [0.25, 0.3) is 5.91 Å². The number of amides is 1. The Morgan fingerprint density at radius 1 is 1.24 bits per heavy atom. The first-order chi connectivity index (χ1) is 14.0. The van der Waals surface area contributed by atoms with Crippen LogP contribution < -0.4 is 10.1 Å². The van der Waals surface area contributed by atoms with Crippen molar-refractivity contribution in [1.29, 1.82) is 0 Å². The van der Waals surface area contributed by atoms with E-state index in [0.29, 0.717) is 30.1 Å².